The highest BCUT2D eigenvalue weighted by Gasteiger charge is 2.27. The maximum absolute atomic E-state index is 11.4. The van der Waals surface area contributed by atoms with Crippen molar-refractivity contribution in [2.24, 2.45) is 0 Å². The summed E-state index contributed by atoms with van der Waals surface area (Å²) in [4.78, 5) is 13.3. The molecular weight excluding hydrogens is 216 g/mol. The van der Waals surface area contributed by atoms with Crippen molar-refractivity contribution in [1.29, 1.82) is 0 Å². The van der Waals surface area contributed by atoms with Crippen LogP contribution in [0.3, 0.4) is 0 Å². The average Bonchev–Trinajstić information content (AvgIpc) is 2.44. The van der Waals surface area contributed by atoms with Gasteiger partial charge in [-0.25, -0.2) is 0 Å². The highest BCUT2D eigenvalue weighted by Crippen LogP contribution is 2.15. The van der Waals surface area contributed by atoms with E-state index < -0.39 is 6.23 Å². The number of hydrogen-bond donors (Lipinski definition) is 2. The number of hydrogen-bond acceptors (Lipinski definition) is 3. The Hall–Kier alpha value is -1.39. The molecule has 0 bridgehead atoms. The molecule has 1 aliphatic heterocycles. The minimum absolute atomic E-state index is 0.00658. The van der Waals surface area contributed by atoms with Crippen molar-refractivity contribution in [3.8, 4) is 0 Å². The van der Waals surface area contributed by atoms with Gasteiger partial charge in [-0.1, -0.05) is 30.3 Å². The molecule has 0 saturated carbocycles. The fourth-order valence-corrected chi connectivity index (χ4v) is 2.13. The van der Waals surface area contributed by atoms with Crippen LogP contribution in [0.2, 0.25) is 0 Å². The summed E-state index contributed by atoms with van der Waals surface area (Å²) in [6.07, 6.45) is -0.180. The van der Waals surface area contributed by atoms with Gasteiger partial charge in [-0.3, -0.25) is 9.69 Å². The monoisotopic (exact) mass is 234 g/mol. The molecule has 2 rings (SSSR count). The van der Waals surface area contributed by atoms with Crippen LogP contribution in [-0.2, 0) is 11.3 Å². The van der Waals surface area contributed by atoms with E-state index in [1.165, 1.54) is 0 Å². The molecule has 1 saturated heterocycles. The predicted molar refractivity (Wildman–Crippen MR) is 65.1 cm³/mol. The first kappa shape index (κ1) is 12.1. The molecule has 0 aliphatic carbocycles. The number of β-amino-alcohol motifs (C(OH)–C–C–N with tert-alkyl or cyclic N) is 1. The molecule has 1 heterocycles. The lowest BCUT2D eigenvalue weighted by Gasteiger charge is -2.30. The van der Waals surface area contributed by atoms with Gasteiger partial charge in [0.15, 0.2) is 0 Å². The van der Waals surface area contributed by atoms with E-state index in [9.17, 15) is 9.90 Å². The van der Waals surface area contributed by atoms with E-state index >= 15 is 0 Å². The van der Waals surface area contributed by atoms with Crippen molar-refractivity contribution >= 4 is 5.91 Å². The molecule has 1 aromatic rings. The van der Waals surface area contributed by atoms with Gasteiger partial charge in [-0.05, 0) is 12.5 Å². The summed E-state index contributed by atoms with van der Waals surface area (Å²) in [5.74, 6) is 0.00658. The van der Waals surface area contributed by atoms with Crippen LogP contribution in [0.15, 0.2) is 30.3 Å². The van der Waals surface area contributed by atoms with Crippen molar-refractivity contribution in [1.82, 2.24) is 10.2 Å². The van der Waals surface area contributed by atoms with E-state index in [0.717, 1.165) is 5.56 Å². The van der Waals surface area contributed by atoms with Crippen LogP contribution in [0.5, 0.6) is 0 Å². The number of benzene rings is 1. The summed E-state index contributed by atoms with van der Waals surface area (Å²) in [6, 6.07) is 10.0. The van der Waals surface area contributed by atoms with Crippen molar-refractivity contribution in [3.63, 3.8) is 0 Å². The molecule has 0 spiro atoms. The second-order valence-corrected chi connectivity index (χ2v) is 4.50. The Labute approximate surface area is 101 Å². The number of carbonyl (C=O) groups is 1. The highest BCUT2D eigenvalue weighted by atomic mass is 16.3. The highest BCUT2D eigenvalue weighted by molar-refractivity contribution is 5.76. The Morgan fingerprint density at radius 3 is 2.82 bits per heavy atom. The van der Waals surface area contributed by atoms with Gasteiger partial charge in [0.25, 0.3) is 0 Å². The molecular formula is C13H18N2O2. The predicted octanol–water partition coefficient (Wildman–Crippen LogP) is 0.715. The fourth-order valence-electron chi connectivity index (χ4n) is 2.13. The Morgan fingerprint density at radius 2 is 2.12 bits per heavy atom. The first-order chi connectivity index (χ1) is 8.16. The lowest BCUT2D eigenvalue weighted by atomic mass is 10.1. The minimum Gasteiger partial charge on any atom is -0.376 e. The molecule has 1 aliphatic rings. The van der Waals surface area contributed by atoms with Crippen LogP contribution < -0.4 is 5.32 Å². The lowest BCUT2D eigenvalue weighted by Crippen LogP contribution is -2.42. The zero-order chi connectivity index (χ0) is 12.3. The fraction of sp³-hybridized carbons (Fsp3) is 0.462. The minimum atomic E-state index is -0.614. The van der Waals surface area contributed by atoms with Crippen LogP contribution >= 0.6 is 0 Å². The molecule has 2 N–H and O–H groups in total. The zero-order valence-electron chi connectivity index (χ0n) is 9.97. The van der Waals surface area contributed by atoms with E-state index in [4.69, 9.17) is 0 Å². The Bertz CT molecular complexity index is 380. The standard InChI is InChI=1S/C13H18N2O2/c1-10-7-12(16)14-8-13(17)15(10)9-11-5-3-2-4-6-11/h2-6,10,13,17H,7-9H2,1H3,(H,14,16)/t10-,13?/m1/s1. The van der Waals surface area contributed by atoms with Gasteiger partial charge >= 0.3 is 0 Å². The maximum atomic E-state index is 11.4. The third kappa shape index (κ3) is 3.05. The van der Waals surface area contributed by atoms with Gasteiger partial charge < -0.3 is 10.4 Å². The number of aliphatic hydroxyl groups is 1. The van der Waals surface area contributed by atoms with Crippen LogP contribution in [-0.4, -0.2) is 34.7 Å². The van der Waals surface area contributed by atoms with Crippen LogP contribution in [0, 0.1) is 0 Å². The average molecular weight is 234 g/mol. The Kier molecular flexibility index (Phi) is 3.76. The molecule has 4 nitrogen and oxygen atoms in total. The Balaban J connectivity index is 2.09. The molecule has 2 atom stereocenters. The van der Waals surface area contributed by atoms with Gasteiger partial charge in [-0.2, -0.15) is 0 Å². The molecule has 1 unspecified atom stereocenters. The molecule has 1 amide bonds. The third-order valence-electron chi connectivity index (χ3n) is 3.12. The summed E-state index contributed by atoms with van der Waals surface area (Å²) < 4.78 is 0. The number of nitrogens with one attached hydrogen (secondary N) is 1. The molecule has 1 fully saturated rings. The normalized spacial score (nSPS) is 26.4. The molecule has 1 aromatic carbocycles. The summed E-state index contributed by atoms with van der Waals surface area (Å²) >= 11 is 0. The number of aliphatic hydroxyl groups excluding tert-OH is 1. The quantitative estimate of drug-likeness (QED) is 0.792. The molecule has 17 heavy (non-hydrogen) atoms. The van der Waals surface area contributed by atoms with Gasteiger partial charge in [-0.15, -0.1) is 0 Å². The van der Waals surface area contributed by atoms with E-state index in [1.807, 2.05) is 42.2 Å². The second-order valence-electron chi connectivity index (χ2n) is 4.50. The van der Waals surface area contributed by atoms with Gasteiger partial charge in [0.2, 0.25) is 5.91 Å². The summed E-state index contributed by atoms with van der Waals surface area (Å²) in [6.45, 7) is 2.94. The van der Waals surface area contributed by atoms with Gasteiger partial charge in [0.05, 0.1) is 6.54 Å². The molecule has 0 aromatic heterocycles. The number of rotatable bonds is 2. The summed E-state index contributed by atoms with van der Waals surface area (Å²) in [5.41, 5.74) is 1.15. The first-order valence-electron chi connectivity index (χ1n) is 5.91. The van der Waals surface area contributed by atoms with Crippen molar-refractivity contribution in [2.45, 2.75) is 32.2 Å². The van der Waals surface area contributed by atoms with Gasteiger partial charge in [0, 0.05) is 19.0 Å². The third-order valence-corrected chi connectivity index (χ3v) is 3.12. The molecule has 92 valence electrons. The van der Waals surface area contributed by atoms with Crippen molar-refractivity contribution in [2.75, 3.05) is 6.54 Å². The smallest absolute Gasteiger partial charge is 0.221 e. The topological polar surface area (TPSA) is 52.6 Å². The van der Waals surface area contributed by atoms with E-state index in [-0.39, 0.29) is 11.9 Å². The van der Waals surface area contributed by atoms with Crippen molar-refractivity contribution < 1.29 is 9.90 Å². The molecule has 4 heteroatoms. The van der Waals surface area contributed by atoms with Crippen LogP contribution in [0.4, 0.5) is 0 Å². The Morgan fingerprint density at radius 1 is 1.41 bits per heavy atom. The van der Waals surface area contributed by atoms with Crippen molar-refractivity contribution in [3.05, 3.63) is 35.9 Å². The second kappa shape index (κ2) is 5.29. The largest absolute Gasteiger partial charge is 0.376 e. The van der Waals surface area contributed by atoms with E-state index in [1.54, 1.807) is 0 Å². The van der Waals surface area contributed by atoms with E-state index in [2.05, 4.69) is 5.32 Å². The van der Waals surface area contributed by atoms with E-state index in [0.29, 0.717) is 19.5 Å². The van der Waals surface area contributed by atoms with Gasteiger partial charge in [0.1, 0.15) is 6.23 Å². The number of amides is 1. The maximum Gasteiger partial charge on any atom is 0.221 e. The lowest BCUT2D eigenvalue weighted by molar-refractivity contribution is -0.121. The first-order valence-corrected chi connectivity index (χ1v) is 5.91. The SMILES string of the molecule is C[C@@H]1CC(=O)NCC(O)N1Cc1ccccc1. The summed E-state index contributed by atoms with van der Waals surface area (Å²) in [7, 11) is 0. The molecule has 0 radical (unpaired) electrons. The number of carbonyl (C=O) groups excluding carboxylic acids is 1. The van der Waals surface area contributed by atoms with Crippen LogP contribution in [0.1, 0.15) is 18.9 Å². The zero-order valence-corrected chi connectivity index (χ0v) is 9.97. The van der Waals surface area contributed by atoms with Crippen LogP contribution in [0.25, 0.3) is 0 Å². The summed E-state index contributed by atoms with van der Waals surface area (Å²) in [5, 5.41) is 12.7. The number of nitrogens with zero attached hydrogens (tertiary/aromatic N) is 1.